The zero-order chi connectivity index (χ0) is 20.7. The van der Waals surface area contributed by atoms with Crippen LogP contribution in [0.5, 0.6) is 0 Å². The summed E-state index contributed by atoms with van der Waals surface area (Å²) in [5.74, 6) is -1.86. The Hall–Kier alpha value is -2.42. The number of likely N-dealkylation sites (tertiary alicyclic amines) is 1. The SMILES string of the molecule is C[C@@H]1CN(C(=O)[C@@](C)(O)C(F)(F)F)CC[C@@H]1c1ccn(-c2ccc(F)cc2)n1. The van der Waals surface area contributed by atoms with Crippen molar-refractivity contribution in [3.8, 4) is 5.69 Å². The lowest BCUT2D eigenvalue weighted by atomic mass is 9.84. The van der Waals surface area contributed by atoms with Gasteiger partial charge in [-0.2, -0.15) is 18.3 Å². The van der Waals surface area contributed by atoms with Crippen LogP contribution in [0.1, 0.15) is 31.9 Å². The van der Waals surface area contributed by atoms with Crippen LogP contribution in [-0.2, 0) is 4.79 Å². The van der Waals surface area contributed by atoms with Crippen LogP contribution < -0.4 is 0 Å². The molecule has 2 aromatic rings. The summed E-state index contributed by atoms with van der Waals surface area (Å²) in [4.78, 5) is 13.2. The molecule has 0 bridgehead atoms. The maximum atomic E-state index is 13.1. The Morgan fingerprint density at radius 2 is 1.86 bits per heavy atom. The van der Waals surface area contributed by atoms with Crippen molar-refractivity contribution in [1.29, 1.82) is 0 Å². The molecule has 1 aromatic carbocycles. The second-order valence-corrected chi connectivity index (χ2v) is 7.36. The molecule has 1 fully saturated rings. The summed E-state index contributed by atoms with van der Waals surface area (Å²) < 4.78 is 53.5. The maximum absolute atomic E-state index is 13.1. The molecule has 1 saturated heterocycles. The highest BCUT2D eigenvalue weighted by Crippen LogP contribution is 2.36. The monoisotopic (exact) mass is 399 g/mol. The molecule has 0 aliphatic carbocycles. The van der Waals surface area contributed by atoms with Crippen molar-refractivity contribution in [2.24, 2.45) is 5.92 Å². The Balaban J connectivity index is 1.71. The molecule has 28 heavy (non-hydrogen) atoms. The van der Waals surface area contributed by atoms with Gasteiger partial charge in [0.15, 0.2) is 0 Å². The molecule has 2 heterocycles. The van der Waals surface area contributed by atoms with E-state index in [1.54, 1.807) is 23.0 Å². The molecular weight excluding hydrogens is 378 g/mol. The van der Waals surface area contributed by atoms with Crippen LogP contribution in [-0.4, -0.2) is 50.6 Å². The Kier molecular flexibility index (Phi) is 5.22. The first-order valence-electron chi connectivity index (χ1n) is 8.90. The Morgan fingerprint density at radius 3 is 2.43 bits per heavy atom. The minimum absolute atomic E-state index is 0.0402. The van der Waals surface area contributed by atoms with E-state index < -0.39 is 17.7 Å². The van der Waals surface area contributed by atoms with E-state index in [0.29, 0.717) is 19.0 Å². The van der Waals surface area contributed by atoms with Gasteiger partial charge in [0.25, 0.3) is 5.91 Å². The second-order valence-electron chi connectivity index (χ2n) is 7.36. The highest BCUT2D eigenvalue weighted by atomic mass is 19.4. The third-order valence-electron chi connectivity index (χ3n) is 5.24. The van der Waals surface area contributed by atoms with Gasteiger partial charge in [0.05, 0.1) is 11.4 Å². The van der Waals surface area contributed by atoms with Gasteiger partial charge in [-0.15, -0.1) is 0 Å². The molecular formula is C19H21F4N3O2. The predicted molar refractivity (Wildman–Crippen MR) is 93.3 cm³/mol. The molecule has 1 aliphatic rings. The number of hydrogen-bond donors (Lipinski definition) is 1. The number of aromatic nitrogens is 2. The average Bonchev–Trinajstić information content (AvgIpc) is 3.10. The Bertz CT molecular complexity index is 846. The lowest BCUT2D eigenvalue weighted by molar-refractivity contribution is -0.250. The quantitative estimate of drug-likeness (QED) is 0.806. The molecule has 1 aromatic heterocycles. The van der Waals surface area contributed by atoms with Crippen LogP contribution in [0, 0.1) is 11.7 Å². The van der Waals surface area contributed by atoms with Crippen LogP contribution >= 0.6 is 0 Å². The maximum Gasteiger partial charge on any atom is 0.426 e. The molecule has 1 aliphatic heterocycles. The number of halogens is 4. The van der Waals surface area contributed by atoms with Gasteiger partial charge >= 0.3 is 6.18 Å². The van der Waals surface area contributed by atoms with E-state index in [2.05, 4.69) is 5.10 Å². The van der Waals surface area contributed by atoms with Crippen molar-refractivity contribution in [2.75, 3.05) is 13.1 Å². The van der Waals surface area contributed by atoms with Crippen LogP contribution in [0.4, 0.5) is 17.6 Å². The molecule has 3 atom stereocenters. The fourth-order valence-corrected chi connectivity index (χ4v) is 3.47. The molecule has 1 amide bonds. The van der Waals surface area contributed by atoms with Crippen molar-refractivity contribution in [1.82, 2.24) is 14.7 Å². The molecule has 3 rings (SSSR count). The largest absolute Gasteiger partial charge is 0.426 e. The normalized spacial score (nSPS) is 22.8. The van der Waals surface area contributed by atoms with E-state index >= 15 is 0 Å². The van der Waals surface area contributed by atoms with Crippen LogP contribution in [0.2, 0.25) is 0 Å². The standard InChI is InChI=1S/C19H21F4N3O2/c1-12-11-25(17(27)18(2,28)19(21,22)23)9-7-15(12)16-8-10-26(24-16)14-5-3-13(20)4-6-14/h3-6,8,10,12,15,28H,7,9,11H2,1-2H3/t12-,15+,18-/m1/s1. The van der Waals surface area contributed by atoms with Crippen LogP contribution in [0.25, 0.3) is 5.69 Å². The van der Waals surface area contributed by atoms with E-state index in [1.165, 1.54) is 12.1 Å². The number of amides is 1. The van der Waals surface area contributed by atoms with Gasteiger partial charge in [-0.1, -0.05) is 6.92 Å². The molecule has 0 spiro atoms. The van der Waals surface area contributed by atoms with E-state index in [1.807, 2.05) is 13.0 Å². The summed E-state index contributed by atoms with van der Waals surface area (Å²) in [6, 6.07) is 7.66. The predicted octanol–water partition coefficient (Wildman–Crippen LogP) is 3.28. The van der Waals surface area contributed by atoms with Crippen molar-refractivity contribution >= 4 is 5.91 Å². The molecule has 5 nitrogen and oxygen atoms in total. The van der Waals surface area contributed by atoms with Gasteiger partial charge in [0.1, 0.15) is 5.82 Å². The molecule has 0 radical (unpaired) electrons. The van der Waals surface area contributed by atoms with Gasteiger partial charge in [0, 0.05) is 25.2 Å². The van der Waals surface area contributed by atoms with Gasteiger partial charge in [-0.25, -0.2) is 9.07 Å². The minimum Gasteiger partial charge on any atom is -0.373 e. The van der Waals surface area contributed by atoms with Crippen molar-refractivity contribution < 1.29 is 27.5 Å². The highest BCUT2D eigenvalue weighted by molar-refractivity contribution is 5.85. The Morgan fingerprint density at radius 1 is 1.21 bits per heavy atom. The number of alkyl halides is 3. The summed E-state index contributed by atoms with van der Waals surface area (Å²) in [5.41, 5.74) is -1.95. The summed E-state index contributed by atoms with van der Waals surface area (Å²) in [7, 11) is 0. The summed E-state index contributed by atoms with van der Waals surface area (Å²) in [6.07, 6.45) is -2.86. The zero-order valence-electron chi connectivity index (χ0n) is 15.4. The second kappa shape index (κ2) is 7.20. The first kappa shape index (κ1) is 20.3. The lowest BCUT2D eigenvalue weighted by Crippen LogP contribution is -2.58. The highest BCUT2D eigenvalue weighted by Gasteiger charge is 2.57. The van der Waals surface area contributed by atoms with E-state index in [4.69, 9.17) is 0 Å². The topological polar surface area (TPSA) is 58.4 Å². The fourth-order valence-electron chi connectivity index (χ4n) is 3.47. The number of carbonyl (C=O) groups excluding carboxylic acids is 1. The van der Waals surface area contributed by atoms with E-state index in [9.17, 15) is 27.5 Å². The third kappa shape index (κ3) is 3.76. The lowest BCUT2D eigenvalue weighted by Gasteiger charge is -2.39. The number of piperidine rings is 1. The van der Waals surface area contributed by atoms with Gasteiger partial charge in [-0.3, -0.25) is 4.79 Å². The molecule has 0 unspecified atom stereocenters. The number of carbonyl (C=O) groups is 1. The van der Waals surface area contributed by atoms with Crippen molar-refractivity contribution in [2.45, 2.75) is 38.0 Å². The number of nitrogens with zero attached hydrogens (tertiary/aromatic N) is 3. The molecule has 0 saturated carbocycles. The number of aliphatic hydroxyl groups is 1. The van der Waals surface area contributed by atoms with Crippen LogP contribution in [0.3, 0.4) is 0 Å². The van der Waals surface area contributed by atoms with E-state index in [-0.39, 0.29) is 30.7 Å². The Labute approximate surface area is 159 Å². The van der Waals surface area contributed by atoms with E-state index in [0.717, 1.165) is 10.6 Å². The fraction of sp³-hybridized carbons (Fsp3) is 0.474. The first-order chi connectivity index (χ1) is 13.0. The summed E-state index contributed by atoms with van der Waals surface area (Å²) in [5, 5.41) is 14.1. The molecule has 9 heteroatoms. The number of rotatable bonds is 3. The van der Waals surface area contributed by atoms with Gasteiger partial charge < -0.3 is 10.0 Å². The van der Waals surface area contributed by atoms with Crippen molar-refractivity contribution in [3.63, 3.8) is 0 Å². The van der Waals surface area contributed by atoms with Crippen molar-refractivity contribution in [3.05, 3.63) is 48.0 Å². The summed E-state index contributed by atoms with van der Waals surface area (Å²) in [6.45, 7) is 2.52. The minimum atomic E-state index is -5.03. The van der Waals surface area contributed by atoms with Gasteiger partial charge in [-0.05, 0) is 49.6 Å². The molecule has 152 valence electrons. The third-order valence-corrected chi connectivity index (χ3v) is 5.24. The first-order valence-corrected chi connectivity index (χ1v) is 8.90. The summed E-state index contributed by atoms with van der Waals surface area (Å²) >= 11 is 0. The van der Waals surface area contributed by atoms with Gasteiger partial charge in [0.2, 0.25) is 5.60 Å². The smallest absolute Gasteiger partial charge is 0.373 e. The average molecular weight is 399 g/mol. The zero-order valence-corrected chi connectivity index (χ0v) is 15.4. The van der Waals surface area contributed by atoms with Crippen LogP contribution in [0.15, 0.2) is 36.5 Å². The number of benzene rings is 1. The molecule has 1 N–H and O–H groups in total. The number of hydrogen-bond acceptors (Lipinski definition) is 3.